The van der Waals surface area contributed by atoms with E-state index in [-0.39, 0.29) is 11.9 Å². The number of hydrogen-bond donors (Lipinski definition) is 3. The summed E-state index contributed by atoms with van der Waals surface area (Å²) in [7, 11) is 0. The molecular weight excluding hydrogens is 415 g/mol. The Morgan fingerprint density at radius 2 is 1.93 bits per heavy atom. The molecule has 0 bridgehead atoms. The minimum absolute atomic E-state index is 0.0490. The van der Waals surface area contributed by atoms with Gasteiger partial charge in [-0.2, -0.15) is 0 Å². The van der Waals surface area contributed by atoms with Crippen molar-refractivity contribution >= 4 is 51.9 Å². The van der Waals surface area contributed by atoms with Crippen LogP contribution in [0.4, 0.5) is 10.5 Å². The molecule has 1 aromatic heterocycles. The van der Waals surface area contributed by atoms with Crippen LogP contribution in [0.5, 0.6) is 0 Å². The van der Waals surface area contributed by atoms with Crippen molar-refractivity contribution in [3.63, 3.8) is 0 Å². The standard InChI is InChI=1S/C19H20Cl2N6O2/c1-11(2)23-18(28)12-3-6-17-16(9-12)25-26-27(17)8-7-22-19(29)24-15-10-13(20)4-5-14(15)21/h3-6,9-11H,7-8H2,1-2H3,(H,23,28)(H2,22,24,29). The molecule has 0 aliphatic carbocycles. The third-order valence-corrected chi connectivity index (χ3v) is 4.55. The molecule has 3 aromatic rings. The molecule has 0 saturated heterocycles. The summed E-state index contributed by atoms with van der Waals surface area (Å²) in [5, 5.41) is 17.3. The van der Waals surface area contributed by atoms with Gasteiger partial charge in [-0.05, 0) is 50.2 Å². The second-order valence-corrected chi connectivity index (χ2v) is 7.49. The minimum atomic E-state index is -0.411. The van der Waals surface area contributed by atoms with E-state index in [2.05, 4.69) is 26.3 Å². The van der Waals surface area contributed by atoms with Crippen LogP contribution in [0.15, 0.2) is 36.4 Å². The smallest absolute Gasteiger partial charge is 0.319 e. The maximum absolute atomic E-state index is 12.1. The molecule has 0 aliphatic rings. The largest absolute Gasteiger partial charge is 0.350 e. The molecule has 0 aliphatic heterocycles. The van der Waals surface area contributed by atoms with E-state index in [1.54, 1.807) is 41.1 Å². The number of hydrogen-bond acceptors (Lipinski definition) is 4. The van der Waals surface area contributed by atoms with Gasteiger partial charge in [0.05, 0.1) is 22.8 Å². The fourth-order valence-corrected chi connectivity index (χ4v) is 3.00. The molecule has 10 heteroatoms. The lowest BCUT2D eigenvalue weighted by Crippen LogP contribution is -2.31. The van der Waals surface area contributed by atoms with Crippen molar-refractivity contribution in [2.45, 2.75) is 26.4 Å². The van der Waals surface area contributed by atoms with Crippen molar-refractivity contribution in [3.8, 4) is 0 Å². The van der Waals surface area contributed by atoms with Gasteiger partial charge in [0.25, 0.3) is 5.91 Å². The Bertz CT molecular complexity index is 1050. The summed E-state index contributed by atoms with van der Waals surface area (Å²) < 4.78 is 1.66. The lowest BCUT2D eigenvalue weighted by Gasteiger charge is -2.10. The minimum Gasteiger partial charge on any atom is -0.350 e. The number of aromatic nitrogens is 3. The van der Waals surface area contributed by atoms with Crippen LogP contribution in [0.25, 0.3) is 11.0 Å². The average molecular weight is 435 g/mol. The van der Waals surface area contributed by atoms with Gasteiger partial charge in [0.15, 0.2) is 0 Å². The number of anilines is 1. The lowest BCUT2D eigenvalue weighted by molar-refractivity contribution is 0.0943. The molecule has 0 radical (unpaired) electrons. The molecule has 0 unspecified atom stereocenters. The van der Waals surface area contributed by atoms with E-state index in [0.717, 1.165) is 5.52 Å². The third kappa shape index (κ3) is 5.36. The highest BCUT2D eigenvalue weighted by Gasteiger charge is 2.11. The van der Waals surface area contributed by atoms with Crippen LogP contribution in [0, 0.1) is 0 Å². The van der Waals surface area contributed by atoms with Gasteiger partial charge in [0.1, 0.15) is 5.52 Å². The Kier molecular flexibility index (Phi) is 6.56. The summed E-state index contributed by atoms with van der Waals surface area (Å²) in [4.78, 5) is 24.2. The maximum atomic E-state index is 12.1. The van der Waals surface area contributed by atoms with Crippen LogP contribution in [0.3, 0.4) is 0 Å². The molecule has 3 amide bonds. The number of nitrogens with one attached hydrogen (secondary N) is 3. The monoisotopic (exact) mass is 434 g/mol. The topological polar surface area (TPSA) is 101 Å². The zero-order valence-corrected chi connectivity index (χ0v) is 17.4. The highest BCUT2D eigenvalue weighted by atomic mass is 35.5. The number of rotatable bonds is 6. The number of carbonyl (C=O) groups excluding carboxylic acids is 2. The zero-order chi connectivity index (χ0) is 21.0. The molecule has 152 valence electrons. The molecule has 3 N–H and O–H groups in total. The number of halogens is 2. The molecule has 0 atom stereocenters. The van der Waals surface area contributed by atoms with Crippen LogP contribution in [0.1, 0.15) is 24.2 Å². The molecule has 0 saturated carbocycles. The molecule has 29 heavy (non-hydrogen) atoms. The first-order chi connectivity index (χ1) is 13.8. The van der Waals surface area contributed by atoms with Crippen molar-refractivity contribution in [1.82, 2.24) is 25.6 Å². The van der Waals surface area contributed by atoms with Crippen LogP contribution in [0.2, 0.25) is 10.0 Å². The summed E-state index contributed by atoms with van der Waals surface area (Å²) in [6, 6.07) is 9.66. The molecule has 0 fully saturated rings. The van der Waals surface area contributed by atoms with Gasteiger partial charge in [0.2, 0.25) is 0 Å². The van der Waals surface area contributed by atoms with Gasteiger partial charge in [-0.15, -0.1) is 5.10 Å². The molecule has 1 heterocycles. The fourth-order valence-electron chi connectivity index (χ4n) is 2.66. The number of carbonyl (C=O) groups is 2. The number of urea groups is 1. The van der Waals surface area contributed by atoms with Gasteiger partial charge in [-0.25, -0.2) is 9.48 Å². The van der Waals surface area contributed by atoms with Gasteiger partial charge in [0, 0.05) is 23.2 Å². The van der Waals surface area contributed by atoms with Gasteiger partial charge >= 0.3 is 6.03 Å². The fraction of sp³-hybridized carbons (Fsp3) is 0.263. The molecule has 8 nitrogen and oxygen atoms in total. The lowest BCUT2D eigenvalue weighted by atomic mass is 10.2. The van der Waals surface area contributed by atoms with E-state index in [1.807, 2.05) is 13.8 Å². The predicted molar refractivity (Wildman–Crippen MR) is 114 cm³/mol. The number of fused-ring (bicyclic) bond motifs is 1. The summed E-state index contributed by atoms with van der Waals surface area (Å²) >= 11 is 11.9. The average Bonchev–Trinajstić information content (AvgIpc) is 3.06. The molecule has 0 spiro atoms. The van der Waals surface area contributed by atoms with E-state index in [0.29, 0.717) is 39.9 Å². The van der Waals surface area contributed by atoms with Crippen molar-refractivity contribution < 1.29 is 9.59 Å². The van der Waals surface area contributed by atoms with Gasteiger partial charge < -0.3 is 16.0 Å². The zero-order valence-electron chi connectivity index (χ0n) is 15.9. The van der Waals surface area contributed by atoms with E-state index >= 15 is 0 Å². The van der Waals surface area contributed by atoms with Crippen LogP contribution in [-0.2, 0) is 6.54 Å². The number of benzene rings is 2. The maximum Gasteiger partial charge on any atom is 0.319 e. The molecule has 3 rings (SSSR count). The molecule has 2 aromatic carbocycles. The summed E-state index contributed by atoms with van der Waals surface area (Å²) in [6.45, 7) is 4.52. The second kappa shape index (κ2) is 9.11. The normalized spacial score (nSPS) is 10.9. The van der Waals surface area contributed by atoms with Crippen molar-refractivity contribution in [1.29, 1.82) is 0 Å². The van der Waals surface area contributed by atoms with Crippen LogP contribution in [-0.4, -0.2) is 39.5 Å². The van der Waals surface area contributed by atoms with Gasteiger partial charge in [-0.3, -0.25) is 4.79 Å². The highest BCUT2D eigenvalue weighted by Crippen LogP contribution is 2.25. The highest BCUT2D eigenvalue weighted by molar-refractivity contribution is 6.35. The number of nitrogens with zero attached hydrogens (tertiary/aromatic N) is 3. The summed E-state index contributed by atoms with van der Waals surface area (Å²) in [5.41, 5.74) is 2.33. The Morgan fingerprint density at radius 3 is 2.69 bits per heavy atom. The third-order valence-electron chi connectivity index (χ3n) is 3.98. The summed E-state index contributed by atoms with van der Waals surface area (Å²) in [5.74, 6) is -0.158. The van der Waals surface area contributed by atoms with E-state index in [9.17, 15) is 9.59 Å². The Hall–Kier alpha value is -2.84. The van der Waals surface area contributed by atoms with Gasteiger partial charge in [-0.1, -0.05) is 28.4 Å². The second-order valence-electron chi connectivity index (χ2n) is 6.65. The van der Waals surface area contributed by atoms with E-state index in [1.165, 1.54) is 0 Å². The van der Waals surface area contributed by atoms with E-state index < -0.39 is 6.03 Å². The van der Waals surface area contributed by atoms with Crippen molar-refractivity contribution in [3.05, 3.63) is 52.0 Å². The Balaban J connectivity index is 1.58. The Morgan fingerprint density at radius 1 is 1.14 bits per heavy atom. The predicted octanol–water partition coefficient (Wildman–Crippen LogP) is 3.70. The van der Waals surface area contributed by atoms with Crippen LogP contribution < -0.4 is 16.0 Å². The first kappa shape index (κ1) is 20.9. The van der Waals surface area contributed by atoms with Crippen molar-refractivity contribution in [2.24, 2.45) is 0 Å². The summed E-state index contributed by atoms with van der Waals surface area (Å²) in [6.07, 6.45) is 0. The first-order valence-electron chi connectivity index (χ1n) is 8.97. The van der Waals surface area contributed by atoms with E-state index in [4.69, 9.17) is 23.2 Å². The first-order valence-corrected chi connectivity index (χ1v) is 9.73. The Labute approximate surface area is 177 Å². The van der Waals surface area contributed by atoms with Crippen LogP contribution >= 0.6 is 23.2 Å². The number of amides is 3. The quantitative estimate of drug-likeness (QED) is 0.550. The SMILES string of the molecule is CC(C)NC(=O)c1ccc2c(c1)nnn2CCNC(=O)Nc1cc(Cl)ccc1Cl. The van der Waals surface area contributed by atoms with Crippen molar-refractivity contribution in [2.75, 3.05) is 11.9 Å². The molecular formula is C19H20Cl2N6O2.